The van der Waals surface area contributed by atoms with Crippen molar-refractivity contribution >= 4 is 38.6 Å². The van der Waals surface area contributed by atoms with E-state index < -0.39 is 5.41 Å². The summed E-state index contributed by atoms with van der Waals surface area (Å²) in [6.07, 6.45) is 0. The lowest BCUT2D eigenvalue weighted by molar-refractivity contribution is 0.837. The molecule has 9 aromatic rings. The van der Waals surface area contributed by atoms with Crippen LogP contribution >= 0.6 is 0 Å². The smallest absolute Gasteiger partial charge is 0.108 e. The van der Waals surface area contributed by atoms with Gasteiger partial charge in [0.05, 0.1) is 0 Å². The second-order valence-electron chi connectivity index (χ2n) is 13.9. The molecule has 0 saturated heterocycles. The van der Waals surface area contributed by atoms with Gasteiger partial charge in [0.25, 0.3) is 0 Å². The third-order valence-electron chi connectivity index (χ3n) is 10.9. The van der Waals surface area contributed by atoms with E-state index in [-0.39, 0.29) is 0 Å². The van der Waals surface area contributed by atoms with Gasteiger partial charge in [-0.25, -0.2) is 0 Å². The molecule has 0 heterocycles. The number of benzene rings is 9. The summed E-state index contributed by atoms with van der Waals surface area (Å²) in [5.41, 5.74) is 12.1. The fourth-order valence-electron chi connectivity index (χ4n) is 8.31. The minimum atomic E-state index is -0.619. The highest BCUT2D eigenvalue weighted by Gasteiger charge is 2.43. The van der Waals surface area contributed by atoms with Crippen LogP contribution in [0.25, 0.3) is 43.8 Å². The van der Waals surface area contributed by atoms with Crippen molar-refractivity contribution in [2.24, 2.45) is 0 Å². The Morgan fingerprint density at radius 3 is 1.74 bits per heavy atom. The zero-order valence-corrected chi connectivity index (χ0v) is 29.7. The number of para-hydroxylation sites is 1. The molecule has 1 aliphatic rings. The van der Waals surface area contributed by atoms with Crippen LogP contribution in [-0.2, 0) is 5.41 Å². The predicted molar refractivity (Wildman–Crippen MR) is 227 cm³/mol. The Balaban J connectivity index is 1.11. The molecule has 1 nitrogen and oxygen atoms in total. The normalized spacial score (nSPS) is 14.2. The monoisotopic (exact) mass is 685 g/mol. The first-order valence-electron chi connectivity index (χ1n) is 18.5. The first-order chi connectivity index (χ1) is 26.8. The minimum absolute atomic E-state index is 0.619. The Morgan fingerprint density at radius 1 is 0.370 bits per heavy atom. The Bertz CT molecular complexity index is 2860. The van der Waals surface area contributed by atoms with Crippen molar-refractivity contribution in [3.05, 3.63) is 235 Å². The molecule has 0 fully saturated rings. The van der Waals surface area contributed by atoms with E-state index in [1.54, 1.807) is 0 Å². The van der Waals surface area contributed by atoms with Gasteiger partial charge in [0.15, 0.2) is 0 Å². The van der Waals surface area contributed by atoms with Gasteiger partial charge < -0.3 is 4.90 Å². The van der Waals surface area contributed by atoms with E-state index in [1.165, 1.54) is 60.5 Å². The van der Waals surface area contributed by atoms with Crippen molar-refractivity contribution in [1.29, 1.82) is 0 Å². The maximum Gasteiger partial charge on any atom is 0.108 e. The molecule has 1 heteroatoms. The molecule has 1 unspecified atom stereocenters. The van der Waals surface area contributed by atoms with Crippen molar-refractivity contribution in [3.8, 4) is 34.1 Å². The number of hydrogen-bond donors (Lipinski definition) is 0. The van der Waals surface area contributed by atoms with E-state index in [4.69, 9.17) is 0 Å². The van der Waals surface area contributed by atoms with Gasteiger partial charge in [0.2, 0.25) is 0 Å². The van der Waals surface area contributed by atoms with E-state index >= 15 is 0 Å². The zero-order chi connectivity index (χ0) is 35.9. The first-order valence-corrected chi connectivity index (χ1v) is 18.5. The molecule has 0 saturated carbocycles. The third-order valence-corrected chi connectivity index (χ3v) is 10.9. The van der Waals surface area contributed by atoms with Crippen molar-refractivity contribution in [2.45, 2.75) is 5.41 Å². The average Bonchev–Trinajstić information content (AvgIpc) is 3.54. The Hall–Kier alpha value is -7.14. The third kappa shape index (κ3) is 5.28. The Morgan fingerprint density at radius 2 is 0.944 bits per heavy atom. The van der Waals surface area contributed by atoms with E-state index in [2.05, 4.69) is 223 Å². The van der Waals surface area contributed by atoms with Gasteiger partial charge in [-0.15, -0.1) is 0 Å². The summed E-state index contributed by atoms with van der Waals surface area (Å²) >= 11 is 0. The standard InChI is InChI=1S/C53H35N/c1-4-14-38(15-5-1)34-35-53(43-17-6-2-7-18-43)51-23-13-12-22-48(51)50-37-46(32-33-52(50)53)54(44-19-8-3-9-20-44)45-30-28-39(29-31-45)42-27-26-41-25-24-40-16-10-11-21-47(40)49(41)36-42/h1-33,36-37H. The molecular formula is C53H35N. The summed E-state index contributed by atoms with van der Waals surface area (Å²) in [6, 6.07) is 76.3. The van der Waals surface area contributed by atoms with Crippen molar-refractivity contribution in [1.82, 2.24) is 0 Å². The zero-order valence-electron chi connectivity index (χ0n) is 29.7. The molecule has 0 aromatic heterocycles. The minimum Gasteiger partial charge on any atom is -0.310 e. The van der Waals surface area contributed by atoms with Crippen LogP contribution < -0.4 is 4.90 Å². The highest BCUT2D eigenvalue weighted by Crippen LogP contribution is 2.54. The molecule has 0 amide bonds. The molecule has 252 valence electrons. The fraction of sp³-hybridized carbons (Fsp3) is 0.0189. The summed E-state index contributed by atoms with van der Waals surface area (Å²) in [4.78, 5) is 2.36. The summed E-state index contributed by atoms with van der Waals surface area (Å²) in [6.45, 7) is 0. The second kappa shape index (κ2) is 13.1. The van der Waals surface area contributed by atoms with E-state index in [9.17, 15) is 0 Å². The first kappa shape index (κ1) is 31.6. The van der Waals surface area contributed by atoms with E-state index in [0.29, 0.717) is 0 Å². The lowest BCUT2D eigenvalue weighted by atomic mass is 9.73. The lowest BCUT2D eigenvalue weighted by Crippen LogP contribution is -2.25. The molecular weight excluding hydrogens is 651 g/mol. The number of anilines is 3. The highest BCUT2D eigenvalue weighted by molar-refractivity contribution is 6.08. The topological polar surface area (TPSA) is 3.24 Å². The SMILES string of the molecule is C(#CC1(c2ccccc2)c2ccccc2-c2cc(N(c3ccccc3)c3ccc(-c4ccc5ccc6ccccc6c5c4)cc3)ccc21)c1ccccc1. The quantitative estimate of drug-likeness (QED) is 0.129. The Labute approximate surface area is 316 Å². The van der Waals surface area contributed by atoms with Crippen molar-refractivity contribution < 1.29 is 0 Å². The number of nitrogens with zero attached hydrogens (tertiary/aromatic N) is 1. The van der Waals surface area contributed by atoms with Gasteiger partial charge in [0.1, 0.15) is 5.41 Å². The van der Waals surface area contributed by atoms with Crippen LogP contribution in [0.15, 0.2) is 212 Å². The average molecular weight is 686 g/mol. The molecule has 0 radical (unpaired) electrons. The molecule has 1 aliphatic carbocycles. The van der Waals surface area contributed by atoms with Gasteiger partial charge in [-0.1, -0.05) is 170 Å². The molecule has 0 bridgehead atoms. The number of hydrogen-bond acceptors (Lipinski definition) is 1. The maximum absolute atomic E-state index is 3.83. The molecule has 1 atom stereocenters. The molecule has 9 aromatic carbocycles. The van der Waals surface area contributed by atoms with Crippen molar-refractivity contribution in [3.63, 3.8) is 0 Å². The predicted octanol–water partition coefficient (Wildman–Crippen LogP) is 13.5. The summed E-state index contributed by atoms with van der Waals surface area (Å²) in [5, 5.41) is 5.07. The van der Waals surface area contributed by atoms with Crippen LogP contribution in [0.3, 0.4) is 0 Å². The van der Waals surface area contributed by atoms with E-state index in [0.717, 1.165) is 22.6 Å². The van der Waals surface area contributed by atoms with Gasteiger partial charge >= 0.3 is 0 Å². The van der Waals surface area contributed by atoms with Crippen molar-refractivity contribution in [2.75, 3.05) is 4.90 Å². The highest BCUT2D eigenvalue weighted by atomic mass is 15.1. The van der Waals surface area contributed by atoms with Crippen LogP contribution in [0.4, 0.5) is 17.1 Å². The molecule has 0 N–H and O–H groups in total. The van der Waals surface area contributed by atoms with Crippen LogP contribution in [0.5, 0.6) is 0 Å². The molecule has 0 spiro atoms. The molecule has 10 rings (SSSR count). The number of rotatable bonds is 5. The summed E-state index contributed by atoms with van der Waals surface area (Å²) in [7, 11) is 0. The van der Waals surface area contributed by atoms with Crippen LogP contribution in [0, 0.1) is 11.8 Å². The Kier molecular flexibility index (Phi) is 7.68. The summed E-state index contributed by atoms with van der Waals surface area (Å²) < 4.78 is 0. The molecule has 0 aliphatic heterocycles. The molecule has 54 heavy (non-hydrogen) atoms. The second-order valence-corrected chi connectivity index (χ2v) is 13.9. The van der Waals surface area contributed by atoms with Gasteiger partial charge in [0, 0.05) is 22.6 Å². The largest absolute Gasteiger partial charge is 0.310 e. The van der Waals surface area contributed by atoms with Crippen LogP contribution in [0.2, 0.25) is 0 Å². The van der Waals surface area contributed by atoms with Crippen LogP contribution in [0.1, 0.15) is 22.3 Å². The van der Waals surface area contributed by atoms with Crippen LogP contribution in [-0.4, -0.2) is 0 Å². The van der Waals surface area contributed by atoms with Gasteiger partial charge in [-0.2, -0.15) is 0 Å². The van der Waals surface area contributed by atoms with Gasteiger partial charge in [-0.3, -0.25) is 0 Å². The number of fused-ring (bicyclic) bond motifs is 6. The lowest BCUT2D eigenvalue weighted by Gasteiger charge is -2.29. The maximum atomic E-state index is 3.83. The fourth-order valence-corrected chi connectivity index (χ4v) is 8.31. The summed E-state index contributed by atoms with van der Waals surface area (Å²) in [5.74, 6) is 7.40. The van der Waals surface area contributed by atoms with E-state index in [1.807, 2.05) is 6.07 Å². The van der Waals surface area contributed by atoms with Gasteiger partial charge in [-0.05, 0) is 115 Å².